The largest absolute Gasteiger partial charge is 0.497 e. The van der Waals surface area contributed by atoms with E-state index < -0.39 is 12.1 Å². The summed E-state index contributed by atoms with van der Waals surface area (Å²) in [4.78, 5) is 24.8. The SMILES string of the molecule is CC[C@H](C)[C@H](NC(=O)OCc1ccccc1)C(=O)NCCc1ccc(OC)cc1. The fourth-order valence-electron chi connectivity index (χ4n) is 2.83. The fraction of sp³-hybridized carbons (Fsp3) is 0.391. The Morgan fingerprint density at radius 3 is 2.31 bits per heavy atom. The molecule has 0 aliphatic carbocycles. The molecule has 2 aromatic carbocycles. The average molecular weight is 399 g/mol. The highest BCUT2D eigenvalue weighted by Crippen LogP contribution is 2.12. The Bertz CT molecular complexity index is 762. The van der Waals surface area contributed by atoms with Crippen LogP contribution in [0.15, 0.2) is 54.6 Å². The van der Waals surface area contributed by atoms with Gasteiger partial charge in [0, 0.05) is 6.54 Å². The lowest BCUT2D eigenvalue weighted by molar-refractivity contribution is -0.124. The summed E-state index contributed by atoms with van der Waals surface area (Å²) in [6, 6.07) is 16.5. The molecule has 0 heterocycles. The number of methoxy groups -OCH3 is 1. The Morgan fingerprint density at radius 2 is 1.69 bits per heavy atom. The number of hydrogen-bond acceptors (Lipinski definition) is 4. The molecule has 2 amide bonds. The number of benzene rings is 2. The number of carbonyl (C=O) groups is 2. The normalized spacial score (nSPS) is 12.5. The molecule has 0 fully saturated rings. The highest BCUT2D eigenvalue weighted by molar-refractivity contribution is 5.85. The van der Waals surface area contributed by atoms with Gasteiger partial charge in [-0.25, -0.2) is 4.79 Å². The van der Waals surface area contributed by atoms with Crippen molar-refractivity contribution in [3.05, 3.63) is 65.7 Å². The predicted octanol–water partition coefficient (Wildman–Crippen LogP) is 3.70. The third-order valence-electron chi connectivity index (χ3n) is 4.85. The van der Waals surface area contributed by atoms with Gasteiger partial charge < -0.3 is 20.1 Å². The summed E-state index contributed by atoms with van der Waals surface area (Å²) >= 11 is 0. The second-order valence-corrected chi connectivity index (χ2v) is 6.96. The molecule has 0 radical (unpaired) electrons. The van der Waals surface area contributed by atoms with E-state index in [-0.39, 0.29) is 18.4 Å². The van der Waals surface area contributed by atoms with Gasteiger partial charge in [0.25, 0.3) is 0 Å². The van der Waals surface area contributed by atoms with Crippen LogP contribution in [-0.4, -0.2) is 31.7 Å². The van der Waals surface area contributed by atoms with E-state index in [1.807, 2.05) is 68.4 Å². The summed E-state index contributed by atoms with van der Waals surface area (Å²) in [7, 11) is 1.63. The van der Waals surface area contributed by atoms with E-state index in [0.29, 0.717) is 13.0 Å². The summed E-state index contributed by atoms with van der Waals surface area (Å²) in [5, 5.41) is 5.63. The fourth-order valence-corrected chi connectivity index (χ4v) is 2.83. The highest BCUT2D eigenvalue weighted by Gasteiger charge is 2.26. The molecule has 2 atom stereocenters. The molecule has 0 aliphatic rings. The van der Waals surface area contributed by atoms with Gasteiger partial charge in [-0.05, 0) is 35.6 Å². The number of ether oxygens (including phenoxy) is 2. The van der Waals surface area contributed by atoms with Gasteiger partial charge >= 0.3 is 6.09 Å². The number of carbonyl (C=O) groups excluding carboxylic acids is 2. The molecule has 0 aliphatic heterocycles. The van der Waals surface area contributed by atoms with Gasteiger partial charge in [-0.1, -0.05) is 62.7 Å². The Hall–Kier alpha value is -3.02. The van der Waals surface area contributed by atoms with Crippen molar-refractivity contribution in [2.24, 2.45) is 5.92 Å². The lowest BCUT2D eigenvalue weighted by atomic mass is 9.98. The molecule has 156 valence electrons. The standard InChI is InChI=1S/C23H30N2O4/c1-4-17(2)21(25-23(27)29-16-19-8-6-5-7-9-19)22(26)24-15-14-18-10-12-20(28-3)13-11-18/h5-13,17,21H,4,14-16H2,1-3H3,(H,24,26)(H,25,27)/t17-,21-/m0/s1. The molecule has 6 heteroatoms. The number of amides is 2. The minimum Gasteiger partial charge on any atom is -0.497 e. The molecule has 2 rings (SSSR count). The van der Waals surface area contributed by atoms with Crippen LogP contribution in [0, 0.1) is 5.92 Å². The van der Waals surface area contributed by atoms with Gasteiger partial charge in [-0.3, -0.25) is 4.79 Å². The molecule has 6 nitrogen and oxygen atoms in total. The predicted molar refractivity (Wildman–Crippen MR) is 113 cm³/mol. The van der Waals surface area contributed by atoms with Crippen molar-refractivity contribution >= 4 is 12.0 Å². The number of rotatable bonds is 10. The van der Waals surface area contributed by atoms with Crippen molar-refractivity contribution in [2.45, 2.75) is 39.3 Å². The minimum atomic E-state index is -0.640. The van der Waals surface area contributed by atoms with Crippen molar-refractivity contribution in [2.75, 3.05) is 13.7 Å². The first-order valence-electron chi connectivity index (χ1n) is 9.91. The lowest BCUT2D eigenvalue weighted by Crippen LogP contribution is -2.50. The van der Waals surface area contributed by atoms with E-state index in [2.05, 4.69) is 10.6 Å². The third-order valence-corrected chi connectivity index (χ3v) is 4.85. The van der Waals surface area contributed by atoms with Crippen LogP contribution in [0.1, 0.15) is 31.4 Å². The first-order chi connectivity index (χ1) is 14.0. The first kappa shape index (κ1) is 22.3. The number of alkyl carbamates (subject to hydrolysis) is 1. The van der Waals surface area contributed by atoms with Gasteiger partial charge in [-0.2, -0.15) is 0 Å². The second-order valence-electron chi connectivity index (χ2n) is 6.96. The van der Waals surface area contributed by atoms with Crippen LogP contribution in [0.25, 0.3) is 0 Å². The minimum absolute atomic E-state index is 0.0136. The topological polar surface area (TPSA) is 76.7 Å². The van der Waals surface area contributed by atoms with Gasteiger partial charge in [0.1, 0.15) is 18.4 Å². The molecule has 0 saturated heterocycles. The molecule has 2 aromatic rings. The number of nitrogens with one attached hydrogen (secondary N) is 2. The van der Waals surface area contributed by atoms with E-state index in [1.165, 1.54) is 0 Å². The third kappa shape index (κ3) is 7.49. The van der Waals surface area contributed by atoms with E-state index >= 15 is 0 Å². The average Bonchev–Trinajstić information content (AvgIpc) is 2.76. The monoisotopic (exact) mass is 398 g/mol. The second kappa shape index (κ2) is 11.7. The Labute approximate surface area is 172 Å². The lowest BCUT2D eigenvalue weighted by Gasteiger charge is -2.23. The first-order valence-corrected chi connectivity index (χ1v) is 9.91. The molecule has 0 saturated carbocycles. The van der Waals surface area contributed by atoms with Crippen molar-refractivity contribution in [3.8, 4) is 5.75 Å². The van der Waals surface area contributed by atoms with Crippen molar-refractivity contribution in [1.82, 2.24) is 10.6 Å². The highest BCUT2D eigenvalue weighted by atomic mass is 16.5. The molecule has 0 spiro atoms. The van der Waals surface area contributed by atoms with E-state index in [0.717, 1.165) is 23.3 Å². The van der Waals surface area contributed by atoms with Crippen LogP contribution in [0.4, 0.5) is 4.79 Å². The molecule has 0 bridgehead atoms. The van der Waals surface area contributed by atoms with Crippen LogP contribution in [0.5, 0.6) is 5.75 Å². The zero-order valence-corrected chi connectivity index (χ0v) is 17.3. The van der Waals surface area contributed by atoms with Crippen LogP contribution < -0.4 is 15.4 Å². The molecular weight excluding hydrogens is 368 g/mol. The summed E-state index contributed by atoms with van der Waals surface area (Å²) in [6.07, 6.45) is 0.862. The molecule has 0 aromatic heterocycles. The van der Waals surface area contributed by atoms with Crippen LogP contribution in [0.2, 0.25) is 0 Å². The molecule has 29 heavy (non-hydrogen) atoms. The zero-order valence-electron chi connectivity index (χ0n) is 17.3. The maximum atomic E-state index is 12.6. The molecular formula is C23H30N2O4. The van der Waals surface area contributed by atoms with Gasteiger partial charge in [0.15, 0.2) is 0 Å². The van der Waals surface area contributed by atoms with Gasteiger partial charge in [0.05, 0.1) is 7.11 Å². The zero-order chi connectivity index (χ0) is 21.1. The number of hydrogen-bond donors (Lipinski definition) is 2. The summed E-state index contributed by atoms with van der Waals surface area (Å²) in [5.74, 6) is 0.581. The Morgan fingerprint density at radius 1 is 1.00 bits per heavy atom. The molecule has 0 unspecified atom stereocenters. The Kier molecular flexibility index (Phi) is 9.02. The van der Waals surface area contributed by atoms with Crippen LogP contribution in [-0.2, 0) is 22.6 Å². The quantitative estimate of drug-likeness (QED) is 0.640. The van der Waals surface area contributed by atoms with Crippen LogP contribution in [0.3, 0.4) is 0 Å². The van der Waals surface area contributed by atoms with E-state index in [4.69, 9.17) is 9.47 Å². The smallest absolute Gasteiger partial charge is 0.408 e. The van der Waals surface area contributed by atoms with Crippen molar-refractivity contribution in [3.63, 3.8) is 0 Å². The van der Waals surface area contributed by atoms with Crippen LogP contribution >= 0.6 is 0 Å². The summed E-state index contributed by atoms with van der Waals surface area (Å²) in [5.41, 5.74) is 1.99. The van der Waals surface area contributed by atoms with Gasteiger partial charge in [0.2, 0.25) is 5.91 Å². The maximum absolute atomic E-state index is 12.6. The Balaban J connectivity index is 1.83. The summed E-state index contributed by atoms with van der Waals surface area (Å²) in [6.45, 7) is 4.57. The van der Waals surface area contributed by atoms with E-state index in [1.54, 1.807) is 7.11 Å². The van der Waals surface area contributed by atoms with Crippen molar-refractivity contribution < 1.29 is 19.1 Å². The van der Waals surface area contributed by atoms with E-state index in [9.17, 15) is 9.59 Å². The van der Waals surface area contributed by atoms with Crippen molar-refractivity contribution in [1.29, 1.82) is 0 Å². The molecule has 2 N–H and O–H groups in total. The summed E-state index contributed by atoms with van der Waals surface area (Å²) < 4.78 is 10.4. The van der Waals surface area contributed by atoms with Gasteiger partial charge in [-0.15, -0.1) is 0 Å². The maximum Gasteiger partial charge on any atom is 0.408 e.